The first-order chi connectivity index (χ1) is 15.9. The maximum atomic E-state index is 5.23. The van der Waals surface area contributed by atoms with Crippen LogP contribution in [0.15, 0.2) is 109 Å². The summed E-state index contributed by atoms with van der Waals surface area (Å²) in [5, 5.41) is 3.85. The molecule has 0 saturated carbocycles. The van der Waals surface area contributed by atoms with Crippen LogP contribution in [0.2, 0.25) is 0 Å². The average Bonchev–Trinajstić information content (AvgIpc) is 3.40. The largest absolute Gasteiger partial charge is 0.308 e. The van der Waals surface area contributed by atoms with Crippen molar-refractivity contribution in [2.24, 2.45) is 0 Å². The normalized spacial score (nSPS) is 11.8. The molecule has 0 unspecified atom stereocenters. The van der Waals surface area contributed by atoms with Gasteiger partial charge in [0.05, 0.1) is 22.2 Å². The van der Waals surface area contributed by atoms with Crippen LogP contribution in [-0.2, 0) is 0 Å². The second-order valence-electron chi connectivity index (χ2n) is 8.04. The van der Waals surface area contributed by atoms with Gasteiger partial charge in [-0.05, 0) is 36.4 Å². The monoisotopic (exact) mass is 426 g/mol. The van der Waals surface area contributed by atoms with Gasteiger partial charge in [-0.25, -0.2) is 4.98 Å². The second-order valence-corrected chi connectivity index (χ2v) is 9.09. The molecule has 7 aromatic rings. The summed E-state index contributed by atoms with van der Waals surface area (Å²) in [6, 6.07) is 38.6. The number of rotatable bonds is 2. The molecule has 0 bridgehead atoms. The number of nitrogens with zero attached hydrogens (tertiary/aromatic N) is 2. The van der Waals surface area contributed by atoms with Gasteiger partial charge in [-0.1, -0.05) is 72.8 Å². The number of fused-ring (bicyclic) bond motifs is 7. The van der Waals surface area contributed by atoms with E-state index in [0.717, 1.165) is 28.0 Å². The van der Waals surface area contributed by atoms with Gasteiger partial charge in [-0.2, -0.15) is 0 Å². The van der Waals surface area contributed by atoms with Crippen LogP contribution in [0.3, 0.4) is 0 Å². The van der Waals surface area contributed by atoms with Crippen LogP contribution < -0.4 is 0 Å². The molecule has 0 aliphatic heterocycles. The molecule has 0 amide bonds. The predicted octanol–water partition coefficient (Wildman–Crippen LogP) is 8.21. The zero-order chi connectivity index (χ0) is 21.1. The molecule has 3 heteroatoms. The molecule has 0 aliphatic rings. The van der Waals surface area contributed by atoms with Gasteiger partial charge in [0.15, 0.2) is 0 Å². The zero-order valence-corrected chi connectivity index (χ0v) is 18.0. The summed E-state index contributed by atoms with van der Waals surface area (Å²) in [6.45, 7) is 0. The van der Waals surface area contributed by atoms with Crippen molar-refractivity contribution in [1.82, 2.24) is 9.55 Å². The lowest BCUT2D eigenvalue weighted by Gasteiger charge is -2.07. The number of hydrogen-bond donors (Lipinski definition) is 0. The van der Waals surface area contributed by atoms with Gasteiger partial charge >= 0.3 is 0 Å². The fraction of sp³-hybridized carbons (Fsp3) is 0. The lowest BCUT2D eigenvalue weighted by atomic mass is 10.1. The Hall–Kier alpha value is -3.95. The van der Waals surface area contributed by atoms with Crippen LogP contribution in [-0.4, -0.2) is 9.55 Å². The third kappa shape index (κ3) is 2.49. The maximum absolute atomic E-state index is 5.23. The Bertz CT molecular complexity index is 1760. The molecule has 0 N–H and O–H groups in total. The van der Waals surface area contributed by atoms with E-state index in [9.17, 15) is 0 Å². The number of benzene rings is 4. The van der Waals surface area contributed by atoms with E-state index in [2.05, 4.69) is 108 Å². The van der Waals surface area contributed by atoms with Crippen LogP contribution in [0.25, 0.3) is 59.1 Å². The van der Waals surface area contributed by atoms with Crippen molar-refractivity contribution in [2.45, 2.75) is 0 Å². The number of para-hydroxylation sites is 1. The highest BCUT2D eigenvalue weighted by Gasteiger charge is 2.19. The first kappa shape index (κ1) is 17.7. The molecule has 0 spiro atoms. The summed E-state index contributed by atoms with van der Waals surface area (Å²) in [6.07, 6.45) is 0. The SMILES string of the molecule is c1ccc(-c2ccc3c(n2)c2c4sc5ccccc5c4ccc2n3-c2ccccc2)cc1. The minimum atomic E-state index is 1.00. The van der Waals surface area contributed by atoms with Gasteiger partial charge in [0.25, 0.3) is 0 Å². The van der Waals surface area contributed by atoms with Gasteiger partial charge in [-0.3, -0.25) is 0 Å². The Morgan fingerprint density at radius 2 is 1.31 bits per heavy atom. The van der Waals surface area contributed by atoms with E-state index in [1.165, 1.54) is 31.1 Å². The molecule has 7 rings (SSSR count). The van der Waals surface area contributed by atoms with Gasteiger partial charge in [-0.15, -0.1) is 11.3 Å². The zero-order valence-electron chi connectivity index (χ0n) is 17.2. The Morgan fingerprint density at radius 1 is 0.594 bits per heavy atom. The van der Waals surface area contributed by atoms with Gasteiger partial charge in [0.2, 0.25) is 0 Å². The van der Waals surface area contributed by atoms with E-state index in [1.807, 2.05) is 17.4 Å². The van der Waals surface area contributed by atoms with Crippen molar-refractivity contribution >= 4 is 53.4 Å². The summed E-state index contributed by atoms with van der Waals surface area (Å²) in [4.78, 5) is 5.23. The Kier molecular flexibility index (Phi) is 3.75. The summed E-state index contributed by atoms with van der Waals surface area (Å²) in [7, 11) is 0. The molecule has 150 valence electrons. The molecule has 2 nitrogen and oxygen atoms in total. The molecule has 3 heterocycles. The van der Waals surface area contributed by atoms with E-state index in [4.69, 9.17) is 4.98 Å². The minimum absolute atomic E-state index is 1.00. The molecule has 3 aromatic heterocycles. The first-order valence-electron chi connectivity index (χ1n) is 10.7. The smallest absolute Gasteiger partial charge is 0.0985 e. The lowest BCUT2D eigenvalue weighted by Crippen LogP contribution is -1.93. The minimum Gasteiger partial charge on any atom is -0.308 e. The molecule has 0 radical (unpaired) electrons. The van der Waals surface area contributed by atoms with E-state index in [-0.39, 0.29) is 0 Å². The quantitative estimate of drug-likeness (QED) is 0.272. The van der Waals surface area contributed by atoms with Crippen molar-refractivity contribution < 1.29 is 0 Å². The third-order valence-corrected chi connectivity index (χ3v) is 7.41. The fourth-order valence-corrected chi connectivity index (χ4v) is 6.01. The average molecular weight is 427 g/mol. The first-order valence-corrected chi connectivity index (χ1v) is 11.6. The summed E-state index contributed by atoms with van der Waals surface area (Å²) in [5.74, 6) is 0. The molecule has 4 aromatic carbocycles. The molecule has 0 saturated heterocycles. The van der Waals surface area contributed by atoms with Gasteiger partial charge in [0.1, 0.15) is 0 Å². The van der Waals surface area contributed by atoms with Crippen LogP contribution in [0, 0.1) is 0 Å². The van der Waals surface area contributed by atoms with E-state index >= 15 is 0 Å². The second kappa shape index (κ2) is 6.78. The molecular formula is C29H18N2S. The summed E-state index contributed by atoms with van der Waals surface area (Å²) in [5.41, 5.74) is 6.69. The molecule has 0 atom stereocenters. The van der Waals surface area contributed by atoms with E-state index in [1.54, 1.807) is 0 Å². The molecule has 32 heavy (non-hydrogen) atoms. The van der Waals surface area contributed by atoms with Gasteiger partial charge in [0, 0.05) is 36.8 Å². The number of pyridine rings is 1. The van der Waals surface area contributed by atoms with Crippen LogP contribution in [0.4, 0.5) is 0 Å². The van der Waals surface area contributed by atoms with Crippen molar-refractivity contribution in [3.63, 3.8) is 0 Å². The summed E-state index contributed by atoms with van der Waals surface area (Å²) < 4.78 is 4.96. The molecular weight excluding hydrogens is 408 g/mol. The van der Waals surface area contributed by atoms with Crippen molar-refractivity contribution in [1.29, 1.82) is 0 Å². The topological polar surface area (TPSA) is 17.8 Å². The van der Waals surface area contributed by atoms with Crippen molar-refractivity contribution in [2.75, 3.05) is 0 Å². The van der Waals surface area contributed by atoms with Crippen molar-refractivity contribution in [3.8, 4) is 16.9 Å². The highest BCUT2D eigenvalue weighted by molar-refractivity contribution is 7.26. The highest BCUT2D eigenvalue weighted by Crippen LogP contribution is 2.43. The van der Waals surface area contributed by atoms with Crippen molar-refractivity contribution in [3.05, 3.63) is 109 Å². The Balaban J connectivity index is 1.68. The Morgan fingerprint density at radius 3 is 2.16 bits per heavy atom. The third-order valence-electron chi connectivity index (χ3n) is 6.20. The molecule has 0 aliphatic carbocycles. The summed E-state index contributed by atoms with van der Waals surface area (Å²) >= 11 is 1.86. The number of aromatic nitrogens is 2. The lowest BCUT2D eigenvalue weighted by molar-refractivity contribution is 1.18. The van der Waals surface area contributed by atoms with Crippen LogP contribution >= 0.6 is 11.3 Å². The molecule has 0 fully saturated rings. The van der Waals surface area contributed by atoms with E-state index in [0.29, 0.717) is 0 Å². The van der Waals surface area contributed by atoms with Gasteiger partial charge < -0.3 is 4.57 Å². The predicted molar refractivity (Wildman–Crippen MR) is 137 cm³/mol. The van der Waals surface area contributed by atoms with Crippen LogP contribution in [0.5, 0.6) is 0 Å². The number of thiophene rings is 1. The maximum Gasteiger partial charge on any atom is 0.0985 e. The Labute approximate surface area is 189 Å². The number of hydrogen-bond acceptors (Lipinski definition) is 2. The standard InChI is InChI=1S/C29H18N2S/c1-3-9-19(10-4-1)23-16-18-25-28(30-23)27-24(31(25)20-11-5-2-6-12-20)17-15-22-21-13-7-8-14-26(21)32-29(22)27/h1-18H. The highest BCUT2D eigenvalue weighted by atomic mass is 32.1. The van der Waals surface area contributed by atoms with Crippen LogP contribution in [0.1, 0.15) is 0 Å². The fourth-order valence-electron chi connectivity index (χ4n) is 4.76. The van der Waals surface area contributed by atoms with E-state index < -0.39 is 0 Å².